The first-order chi connectivity index (χ1) is 8.60. The summed E-state index contributed by atoms with van der Waals surface area (Å²) >= 11 is 9.25. The number of aromatic nitrogens is 1. The van der Waals surface area contributed by atoms with Crippen molar-refractivity contribution >= 4 is 27.5 Å². The van der Waals surface area contributed by atoms with E-state index in [2.05, 4.69) is 20.9 Å². The van der Waals surface area contributed by atoms with E-state index in [0.717, 1.165) is 5.56 Å². The van der Waals surface area contributed by atoms with Gasteiger partial charge in [0.2, 0.25) is 5.88 Å². The van der Waals surface area contributed by atoms with Crippen LogP contribution in [0.1, 0.15) is 5.56 Å². The van der Waals surface area contributed by atoms with E-state index in [-0.39, 0.29) is 12.4 Å². The second-order valence-corrected chi connectivity index (χ2v) is 4.79. The summed E-state index contributed by atoms with van der Waals surface area (Å²) in [6.07, 6.45) is 1.54. The summed E-state index contributed by atoms with van der Waals surface area (Å²) < 4.78 is 19.2. The highest BCUT2D eigenvalue weighted by atomic mass is 79.9. The first-order valence-corrected chi connectivity index (χ1v) is 6.24. The van der Waals surface area contributed by atoms with Crippen LogP contribution in [0.15, 0.2) is 34.9 Å². The summed E-state index contributed by atoms with van der Waals surface area (Å²) in [6, 6.07) is 5.91. The largest absolute Gasteiger partial charge is 0.437 e. The van der Waals surface area contributed by atoms with Gasteiger partial charge in [-0.15, -0.1) is 0 Å². The monoisotopic (exact) mass is 330 g/mol. The molecule has 0 spiro atoms. The van der Waals surface area contributed by atoms with Gasteiger partial charge in [-0.2, -0.15) is 0 Å². The van der Waals surface area contributed by atoms with E-state index >= 15 is 0 Å². The summed E-state index contributed by atoms with van der Waals surface area (Å²) in [5.74, 6) is 0.105. The molecule has 2 rings (SSSR count). The zero-order valence-corrected chi connectivity index (χ0v) is 11.5. The molecule has 1 heterocycles. The molecule has 0 saturated heterocycles. The van der Waals surface area contributed by atoms with Gasteiger partial charge in [0.15, 0.2) is 0 Å². The lowest BCUT2D eigenvalue weighted by Gasteiger charge is -2.09. The zero-order chi connectivity index (χ0) is 13.1. The third-order valence-corrected chi connectivity index (χ3v) is 3.07. The smallest absolute Gasteiger partial charge is 0.238 e. The Labute approximate surface area is 117 Å². The molecule has 0 saturated carbocycles. The van der Waals surface area contributed by atoms with Crippen LogP contribution in [-0.2, 0) is 6.54 Å². The highest BCUT2D eigenvalue weighted by Gasteiger charge is 2.09. The third kappa shape index (κ3) is 2.98. The van der Waals surface area contributed by atoms with Crippen molar-refractivity contribution in [2.24, 2.45) is 5.73 Å². The Balaban J connectivity index is 2.34. The SMILES string of the molecule is NCc1ccnc(Oc2cc(F)cc(Br)c2)c1Cl. The Hall–Kier alpha value is -1.17. The van der Waals surface area contributed by atoms with E-state index in [1.165, 1.54) is 18.3 Å². The second-order valence-electron chi connectivity index (χ2n) is 3.50. The number of hydrogen-bond donors (Lipinski definition) is 1. The highest BCUT2D eigenvalue weighted by molar-refractivity contribution is 9.10. The number of nitrogens with zero attached hydrogens (tertiary/aromatic N) is 1. The van der Waals surface area contributed by atoms with Crippen LogP contribution in [-0.4, -0.2) is 4.98 Å². The van der Waals surface area contributed by atoms with Crippen molar-refractivity contribution in [1.82, 2.24) is 4.98 Å². The van der Waals surface area contributed by atoms with Gasteiger partial charge in [-0.3, -0.25) is 0 Å². The third-order valence-electron chi connectivity index (χ3n) is 2.21. The van der Waals surface area contributed by atoms with Crippen LogP contribution in [0.5, 0.6) is 11.6 Å². The van der Waals surface area contributed by atoms with Gasteiger partial charge in [0.05, 0.1) is 0 Å². The van der Waals surface area contributed by atoms with Crippen LogP contribution in [0.25, 0.3) is 0 Å². The molecule has 1 aromatic heterocycles. The predicted octanol–water partition coefficient (Wildman–Crippen LogP) is 3.89. The molecule has 94 valence electrons. The minimum atomic E-state index is -0.412. The van der Waals surface area contributed by atoms with E-state index in [4.69, 9.17) is 22.1 Å². The lowest BCUT2D eigenvalue weighted by molar-refractivity contribution is 0.457. The molecule has 18 heavy (non-hydrogen) atoms. The molecule has 0 unspecified atom stereocenters. The molecule has 2 aromatic rings. The van der Waals surface area contributed by atoms with Gasteiger partial charge in [-0.25, -0.2) is 9.37 Å². The molecule has 6 heteroatoms. The van der Waals surface area contributed by atoms with Crippen LogP contribution in [0, 0.1) is 5.82 Å². The van der Waals surface area contributed by atoms with Gasteiger partial charge >= 0.3 is 0 Å². The van der Waals surface area contributed by atoms with Gasteiger partial charge in [0.1, 0.15) is 16.6 Å². The van der Waals surface area contributed by atoms with Gasteiger partial charge < -0.3 is 10.5 Å². The molecule has 0 aliphatic carbocycles. The molecular weight excluding hydrogens is 322 g/mol. The van der Waals surface area contributed by atoms with Crippen molar-refractivity contribution in [2.75, 3.05) is 0 Å². The summed E-state index contributed by atoms with van der Waals surface area (Å²) in [5.41, 5.74) is 6.25. The van der Waals surface area contributed by atoms with E-state index in [9.17, 15) is 4.39 Å². The topological polar surface area (TPSA) is 48.1 Å². The van der Waals surface area contributed by atoms with Crippen molar-refractivity contribution in [3.8, 4) is 11.6 Å². The number of hydrogen-bond acceptors (Lipinski definition) is 3. The number of ether oxygens (including phenoxy) is 1. The van der Waals surface area contributed by atoms with E-state index in [0.29, 0.717) is 15.2 Å². The molecule has 0 bridgehead atoms. The highest BCUT2D eigenvalue weighted by Crippen LogP contribution is 2.31. The molecule has 0 fully saturated rings. The Morgan fingerprint density at radius 3 is 2.83 bits per heavy atom. The van der Waals surface area contributed by atoms with Crippen molar-refractivity contribution in [3.05, 3.63) is 51.3 Å². The molecule has 0 amide bonds. The Kier molecular flexibility index (Phi) is 4.16. The van der Waals surface area contributed by atoms with Gasteiger partial charge in [0, 0.05) is 23.3 Å². The number of pyridine rings is 1. The second kappa shape index (κ2) is 5.65. The maximum absolute atomic E-state index is 13.2. The molecule has 0 atom stereocenters. The molecule has 0 radical (unpaired) electrons. The van der Waals surface area contributed by atoms with Gasteiger partial charge in [-0.05, 0) is 23.8 Å². The first-order valence-electron chi connectivity index (χ1n) is 5.07. The van der Waals surface area contributed by atoms with Crippen molar-refractivity contribution in [3.63, 3.8) is 0 Å². The number of nitrogens with two attached hydrogens (primary N) is 1. The lowest BCUT2D eigenvalue weighted by atomic mass is 10.2. The molecule has 3 nitrogen and oxygen atoms in total. The van der Waals surface area contributed by atoms with Crippen molar-refractivity contribution in [2.45, 2.75) is 6.54 Å². The zero-order valence-electron chi connectivity index (χ0n) is 9.16. The normalized spacial score (nSPS) is 10.4. The van der Waals surface area contributed by atoms with E-state index in [1.54, 1.807) is 12.1 Å². The predicted molar refractivity (Wildman–Crippen MR) is 71.3 cm³/mol. The van der Waals surface area contributed by atoms with Crippen molar-refractivity contribution in [1.29, 1.82) is 0 Å². The van der Waals surface area contributed by atoms with Crippen LogP contribution in [0.2, 0.25) is 5.02 Å². The maximum atomic E-state index is 13.2. The van der Waals surface area contributed by atoms with Crippen molar-refractivity contribution < 1.29 is 9.13 Å². The average molecular weight is 332 g/mol. The van der Waals surface area contributed by atoms with E-state index < -0.39 is 5.82 Å². The maximum Gasteiger partial charge on any atom is 0.238 e. The summed E-state index contributed by atoms with van der Waals surface area (Å²) in [6.45, 7) is 0.282. The minimum Gasteiger partial charge on any atom is -0.437 e. The molecule has 0 aliphatic heterocycles. The summed E-state index contributed by atoms with van der Waals surface area (Å²) in [7, 11) is 0. The quantitative estimate of drug-likeness (QED) is 0.928. The first kappa shape index (κ1) is 13.3. The van der Waals surface area contributed by atoms with Crippen LogP contribution >= 0.6 is 27.5 Å². The lowest BCUT2D eigenvalue weighted by Crippen LogP contribution is -1.99. The van der Waals surface area contributed by atoms with Crippen LogP contribution < -0.4 is 10.5 Å². The summed E-state index contributed by atoms with van der Waals surface area (Å²) in [5, 5.41) is 0.334. The van der Waals surface area contributed by atoms with Gasteiger partial charge in [-0.1, -0.05) is 27.5 Å². The molecule has 2 N–H and O–H groups in total. The fourth-order valence-electron chi connectivity index (χ4n) is 1.39. The van der Waals surface area contributed by atoms with E-state index in [1.807, 2.05) is 0 Å². The Morgan fingerprint density at radius 1 is 1.39 bits per heavy atom. The summed E-state index contributed by atoms with van der Waals surface area (Å²) in [4.78, 5) is 3.99. The molecular formula is C12H9BrClFN2O. The Bertz CT molecular complexity index is 560. The number of halogens is 3. The Morgan fingerprint density at radius 2 is 2.17 bits per heavy atom. The molecule has 0 aliphatic rings. The van der Waals surface area contributed by atoms with Crippen LogP contribution in [0.3, 0.4) is 0 Å². The number of rotatable bonds is 3. The number of benzene rings is 1. The van der Waals surface area contributed by atoms with Crippen LogP contribution in [0.4, 0.5) is 4.39 Å². The van der Waals surface area contributed by atoms with Gasteiger partial charge in [0.25, 0.3) is 0 Å². The fraction of sp³-hybridized carbons (Fsp3) is 0.0833. The minimum absolute atomic E-state index is 0.206. The fourth-order valence-corrected chi connectivity index (χ4v) is 2.06. The standard InChI is InChI=1S/C12H9BrClFN2O/c13-8-3-9(15)5-10(4-8)18-12-11(14)7(6-16)1-2-17-12/h1-5H,6,16H2. The molecule has 1 aromatic carbocycles. The average Bonchev–Trinajstić information content (AvgIpc) is 2.30.